The Balaban J connectivity index is 1.56. The van der Waals surface area contributed by atoms with Gasteiger partial charge in [0.15, 0.2) is 0 Å². The zero-order valence-electron chi connectivity index (χ0n) is 11.1. The van der Waals surface area contributed by atoms with Crippen LogP contribution < -0.4 is 5.73 Å². The first-order chi connectivity index (χ1) is 8.70. The van der Waals surface area contributed by atoms with Crippen LogP contribution in [0.3, 0.4) is 0 Å². The Hall–Kier alpha value is -0.450. The van der Waals surface area contributed by atoms with Crippen LogP contribution in [-0.2, 0) is 6.42 Å². The Bertz CT molecular complexity index is 389. The maximum Gasteiger partial charge on any atom is 0.0931 e. The van der Waals surface area contributed by atoms with Crippen molar-refractivity contribution < 1.29 is 0 Å². The highest BCUT2D eigenvalue weighted by molar-refractivity contribution is 7.09. The molecule has 1 saturated carbocycles. The lowest BCUT2D eigenvalue weighted by Gasteiger charge is -2.31. The summed E-state index contributed by atoms with van der Waals surface area (Å²) in [6.07, 6.45) is 6.10. The fraction of sp³-hybridized carbons (Fsp3) is 0.786. The number of piperidine rings is 1. The summed E-state index contributed by atoms with van der Waals surface area (Å²) in [6.45, 7) is 2.43. The van der Waals surface area contributed by atoms with Crippen molar-refractivity contribution >= 4 is 11.3 Å². The van der Waals surface area contributed by atoms with Crippen LogP contribution >= 0.6 is 11.3 Å². The molecule has 1 aromatic heterocycles. The van der Waals surface area contributed by atoms with E-state index in [9.17, 15) is 0 Å². The van der Waals surface area contributed by atoms with Crippen LogP contribution in [0.5, 0.6) is 0 Å². The highest BCUT2D eigenvalue weighted by Gasteiger charge is 2.27. The molecular formula is C14H23N3S. The Morgan fingerprint density at radius 1 is 1.39 bits per heavy atom. The van der Waals surface area contributed by atoms with Gasteiger partial charge in [0.25, 0.3) is 0 Å². The molecule has 0 spiro atoms. The van der Waals surface area contributed by atoms with Crippen molar-refractivity contribution in [2.45, 2.75) is 44.1 Å². The van der Waals surface area contributed by atoms with Gasteiger partial charge in [-0.3, -0.25) is 0 Å². The molecule has 0 unspecified atom stereocenters. The van der Waals surface area contributed by atoms with E-state index in [1.54, 1.807) is 0 Å². The number of aromatic nitrogens is 1. The first-order valence-electron chi connectivity index (χ1n) is 7.09. The highest BCUT2D eigenvalue weighted by Crippen LogP contribution is 2.32. The molecule has 0 amide bonds. The zero-order valence-corrected chi connectivity index (χ0v) is 12.0. The highest BCUT2D eigenvalue weighted by atomic mass is 32.1. The molecule has 2 fully saturated rings. The van der Waals surface area contributed by atoms with Gasteiger partial charge in [-0.15, -0.1) is 11.3 Å². The normalized spacial score (nSPS) is 30.3. The van der Waals surface area contributed by atoms with Crippen LogP contribution in [0.2, 0.25) is 0 Å². The minimum absolute atomic E-state index is 0.461. The summed E-state index contributed by atoms with van der Waals surface area (Å²) in [7, 11) is 2.21. The average Bonchev–Trinajstić information content (AvgIpc) is 2.77. The topological polar surface area (TPSA) is 42.1 Å². The van der Waals surface area contributed by atoms with Crippen molar-refractivity contribution in [2.24, 2.45) is 11.7 Å². The SMILES string of the molecule is CN1CCC(c2csc(CC3CC(N)C3)n2)CC1. The molecule has 18 heavy (non-hydrogen) atoms. The minimum Gasteiger partial charge on any atom is -0.328 e. The van der Waals surface area contributed by atoms with Gasteiger partial charge in [0, 0.05) is 23.8 Å². The van der Waals surface area contributed by atoms with Gasteiger partial charge in [-0.1, -0.05) is 0 Å². The minimum atomic E-state index is 0.461. The standard InChI is InChI=1S/C14H23N3S/c1-17-4-2-11(3-5-17)13-9-18-14(16-13)8-10-6-12(15)7-10/h9-12H,2-8,15H2,1H3. The van der Waals surface area contributed by atoms with Crippen LogP contribution in [0, 0.1) is 5.92 Å². The van der Waals surface area contributed by atoms with Crippen molar-refractivity contribution in [1.82, 2.24) is 9.88 Å². The van der Waals surface area contributed by atoms with Crippen LogP contribution in [0.1, 0.15) is 42.3 Å². The number of thiazole rings is 1. The molecule has 1 aliphatic carbocycles. The lowest BCUT2D eigenvalue weighted by molar-refractivity contribution is 0.252. The molecule has 2 aliphatic rings. The average molecular weight is 265 g/mol. The molecule has 2 heterocycles. The summed E-state index contributed by atoms with van der Waals surface area (Å²) in [5.41, 5.74) is 7.19. The van der Waals surface area contributed by atoms with Crippen LogP contribution in [0.4, 0.5) is 0 Å². The molecule has 2 N–H and O–H groups in total. The second kappa shape index (κ2) is 5.27. The van der Waals surface area contributed by atoms with E-state index in [-0.39, 0.29) is 0 Å². The molecule has 1 saturated heterocycles. The van der Waals surface area contributed by atoms with Gasteiger partial charge in [-0.25, -0.2) is 4.98 Å². The van der Waals surface area contributed by atoms with Gasteiger partial charge < -0.3 is 10.6 Å². The van der Waals surface area contributed by atoms with Gasteiger partial charge in [-0.05, 0) is 51.7 Å². The molecule has 3 nitrogen and oxygen atoms in total. The number of nitrogens with two attached hydrogens (primary N) is 1. The number of hydrogen-bond acceptors (Lipinski definition) is 4. The Morgan fingerprint density at radius 3 is 2.78 bits per heavy atom. The lowest BCUT2D eigenvalue weighted by atomic mass is 9.79. The zero-order chi connectivity index (χ0) is 12.5. The number of nitrogens with zero attached hydrogens (tertiary/aromatic N) is 2. The van der Waals surface area contributed by atoms with Crippen molar-refractivity contribution in [1.29, 1.82) is 0 Å². The van der Waals surface area contributed by atoms with Crippen LogP contribution in [0.15, 0.2) is 5.38 Å². The van der Waals surface area contributed by atoms with E-state index in [0.717, 1.165) is 12.3 Å². The monoisotopic (exact) mass is 265 g/mol. The Kier molecular flexibility index (Phi) is 3.68. The third-order valence-corrected chi connectivity index (χ3v) is 5.33. The molecule has 4 heteroatoms. The van der Waals surface area contributed by atoms with Crippen LogP contribution in [0.25, 0.3) is 0 Å². The number of rotatable bonds is 3. The maximum absolute atomic E-state index is 5.84. The number of hydrogen-bond donors (Lipinski definition) is 1. The largest absolute Gasteiger partial charge is 0.328 e. The summed E-state index contributed by atoms with van der Waals surface area (Å²) in [6, 6.07) is 0.461. The van der Waals surface area contributed by atoms with Gasteiger partial charge in [-0.2, -0.15) is 0 Å². The summed E-state index contributed by atoms with van der Waals surface area (Å²) in [5.74, 6) is 1.51. The maximum atomic E-state index is 5.84. The molecule has 100 valence electrons. The first-order valence-corrected chi connectivity index (χ1v) is 7.97. The van der Waals surface area contributed by atoms with Crippen molar-refractivity contribution in [3.05, 3.63) is 16.1 Å². The van der Waals surface area contributed by atoms with Crippen molar-refractivity contribution in [3.63, 3.8) is 0 Å². The van der Waals surface area contributed by atoms with E-state index >= 15 is 0 Å². The third kappa shape index (κ3) is 2.76. The first kappa shape index (κ1) is 12.6. The van der Waals surface area contributed by atoms with E-state index in [4.69, 9.17) is 10.7 Å². The van der Waals surface area contributed by atoms with E-state index in [1.807, 2.05) is 11.3 Å². The van der Waals surface area contributed by atoms with E-state index < -0.39 is 0 Å². The predicted molar refractivity (Wildman–Crippen MR) is 76.0 cm³/mol. The quantitative estimate of drug-likeness (QED) is 0.911. The second-order valence-electron chi connectivity index (χ2n) is 6.05. The number of likely N-dealkylation sites (tertiary alicyclic amines) is 1. The van der Waals surface area contributed by atoms with Gasteiger partial charge in [0.05, 0.1) is 10.7 Å². The van der Waals surface area contributed by atoms with Crippen molar-refractivity contribution in [3.8, 4) is 0 Å². The fourth-order valence-corrected chi connectivity index (χ4v) is 4.10. The van der Waals surface area contributed by atoms with Crippen molar-refractivity contribution in [2.75, 3.05) is 20.1 Å². The molecule has 1 aromatic rings. The fourth-order valence-electron chi connectivity index (χ4n) is 3.11. The van der Waals surface area contributed by atoms with Crippen LogP contribution in [-0.4, -0.2) is 36.1 Å². The molecule has 0 atom stereocenters. The molecular weight excluding hydrogens is 242 g/mol. The molecule has 0 aromatic carbocycles. The Morgan fingerprint density at radius 2 is 2.11 bits per heavy atom. The summed E-state index contributed by atoms with van der Waals surface area (Å²) < 4.78 is 0. The Labute approximate surface area is 113 Å². The summed E-state index contributed by atoms with van der Waals surface area (Å²) in [5, 5.41) is 3.63. The summed E-state index contributed by atoms with van der Waals surface area (Å²) >= 11 is 1.86. The van der Waals surface area contributed by atoms with E-state index in [0.29, 0.717) is 12.0 Å². The van der Waals surface area contributed by atoms with Gasteiger partial charge in [0.2, 0.25) is 0 Å². The second-order valence-corrected chi connectivity index (χ2v) is 6.99. The molecule has 1 aliphatic heterocycles. The molecule has 0 radical (unpaired) electrons. The molecule has 0 bridgehead atoms. The van der Waals surface area contributed by atoms with E-state index in [2.05, 4.69) is 17.3 Å². The lowest BCUT2D eigenvalue weighted by Crippen LogP contribution is -2.37. The summed E-state index contributed by atoms with van der Waals surface area (Å²) in [4.78, 5) is 7.28. The third-order valence-electron chi connectivity index (χ3n) is 4.44. The van der Waals surface area contributed by atoms with Gasteiger partial charge >= 0.3 is 0 Å². The van der Waals surface area contributed by atoms with Gasteiger partial charge in [0.1, 0.15) is 0 Å². The van der Waals surface area contributed by atoms with E-state index in [1.165, 1.54) is 49.5 Å². The molecule has 3 rings (SSSR count). The smallest absolute Gasteiger partial charge is 0.0931 e. The predicted octanol–water partition coefficient (Wildman–Crippen LogP) is 2.23.